The molecule has 3 aromatic rings. The molecule has 4 nitrogen and oxygen atoms in total. The average Bonchev–Trinajstić information content (AvgIpc) is 2.67. The van der Waals surface area contributed by atoms with Gasteiger partial charge in [-0.2, -0.15) is 0 Å². The van der Waals surface area contributed by atoms with E-state index >= 15 is 0 Å². The van der Waals surface area contributed by atoms with Crippen LogP contribution in [0.25, 0.3) is 0 Å². The number of sulfonamides is 1. The third kappa shape index (κ3) is 4.11. The molecule has 3 rings (SSSR count). The zero-order valence-electron chi connectivity index (χ0n) is 15.1. The smallest absolute Gasteiger partial charge is 0.264 e. The molecule has 140 valence electrons. The van der Waals surface area contributed by atoms with Crippen LogP contribution in [0.5, 0.6) is 5.75 Å². The molecule has 0 saturated carbocycles. The van der Waals surface area contributed by atoms with Crippen LogP contribution in [0.1, 0.15) is 11.1 Å². The van der Waals surface area contributed by atoms with E-state index in [0.29, 0.717) is 11.3 Å². The second-order valence-corrected chi connectivity index (χ2v) is 7.99. The summed E-state index contributed by atoms with van der Waals surface area (Å²) in [6.07, 6.45) is 0. The molecular formula is C21H20FNO3S. The minimum Gasteiger partial charge on any atom is -0.497 e. The number of halogens is 1. The molecule has 0 N–H and O–H groups in total. The number of anilines is 1. The summed E-state index contributed by atoms with van der Waals surface area (Å²) >= 11 is 0. The van der Waals surface area contributed by atoms with E-state index in [2.05, 4.69) is 0 Å². The van der Waals surface area contributed by atoms with Gasteiger partial charge in [0.25, 0.3) is 10.0 Å². The van der Waals surface area contributed by atoms with E-state index in [9.17, 15) is 12.8 Å². The molecule has 0 bridgehead atoms. The molecular weight excluding hydrogens is 365 g/mol. The number of ether oxygens (including phenoxy) is 1. The van der Waals surface area contributed by atoms with Gasteiger partial charge in [-0.1, -0.05) is 36.4 Å². The molecule has 0 aliphatic heterocycles. The number of hydrogen-bond donors (Lipinski definition) is 0. The molecule has 0 atom stereocenters. The highest BCUT2D eigenvalue weighted by Crippen LogP contribution is 2.29. The molecule has 0 spiro atoms. The van der Waals surface area contributed by atoms with Crippen LogP contribution in [0.4, 0.5) is 10.1 Å². The van der Waals surface area contributed by atoms with Crippen LogP contribution in [-0.4, -0.2) is 15.5 Å². The summed E-state index contributed by atoms with van der Waals surface area (Å²) in [5, 5.41) is 0. The second kappa shape index (κ2) is 7.80. The largest absolute Gasteiger partial charge is 0.497 e. The summed E-state index contributed by atoms with van der Waals surface area (Å²) in [4.78, 5) is 0.119. The zero-order chi connectivity index (χ0) is 19.4. The highest BCUT2D eigenvalue weighted by atomic mass is 32.2. The van der Waals surface area contributed by atoms with Crippen LogP contribution in [0.15, 0.2) is 77.7 Å². The lowest BCUT2D eigenvalue weighted by Gasteiger charge is -2.25. The first kappa shape index (κ1) is 18.9. The Labute approximate surface area is 158 Å². The average molecular weight is 385 g/mol. The fraction of sp³-hybridized carbons (Fsp3) is 0.143. The number of rotatable bonds is 6. The van der Waals surface area contributed by atoms with E-state index in [4.69, 9.17) is 4.74 Å². The Hall–Kier alpha value is -2.86. The summed E-state index contributed by atoms with van der Waals surface area (Å²) in [6, 6.07) is 19.5. The molecule has 3 aromatic carbocycles. The Balaban J connectivity index is 2.11. The lowest BCUT2D eigenvalue weighted by Crippen LogP contribution is -2.31. The minimum absolute atomic E-state index is 0.00169. The minimum atomic E-state index is -3.96. The van der Waals surface area contributed by atoms with Gasteiger partial charge < -0.3 is 4.74 Å². The van der Waals surface area contributed by atoms with Crippen molar-refractivity contribution in [3.8, 4) is 5.75 Å². The predicted octanol–water partition coefficient (Wildman–Crippen LogP) is 4.54. The summed E-state index contributed by atoms with van der Waals surface area (Å²) in [6.45, 7) is 1.79. The van der Waals surface area contributed by atoms with Gasteiger partial charge in [0.15, 0.2) is 0 Å². The highest BCUT2D eigenvalue weighted by molar-refractivity contribution is 7.92. The Bertz CT molecular complexity index is 1050. The van der Waals surface area contributed by atoms with Crippen LogP contribution in [-0.2, 0) is 16.6 Å². The maximum Gasteiger partial charge on any atom is 0.264 e. The summed E-state index contributed by atoms with van der Waals surface area (Å²) in [5.41, 5.74) is 1.50. The fourth-order valence-electron chi connectivity index (χ4n) is 2.79. The molecule has 0 aliphatic carbocycles. The van der Waals surface area contributed by atoms with Crippen molar-refractivity contribution < 1.29 is 17.5 Å². The van der Waals surface area contributed by atoms with Crippen molar-refractivity contribution in [2.24, 2.45) is 0 Å². The fourth-order valence-corrected chi connectivity index (χ4v) is 4.36. The van der Waals surface area contributed by atoms with Gasteiger partial charge >= 0.3 is 0 Å². The highest BCUT2D eigenvalue weighted by Gasteiger charge is 2.27. The molecule has 0 amide bonds. The SMILES string of the molecule is COc1cccc(CN(c2ccccc2F)S(=O)(=O)c2cccc(C)c2)c1. The van der Waals surface area contributed by atoms with E-state index < -0.39 is 15.8 Å². The van der Waals surface area contributed by atoms with Crippen molar-refractivity contribution >= 4 is 15.7 Å². The lowest BCUT2D eigenvalue weighted by atomic mass is 10.2. The van der Waals surface area contributed by atoms with Gasteiger partial charge in [0.2, 0.25) is 0 Å². The van der Waals surface area contributed by atoms with Crippen LogP contribution in [0, 0.1) is 12.7 Å². The van der Waals surface area contributed by atoms with Gasteiger partial charge in [-0.25, -0.2) is 12.8 Å². The van der Waals surface area contributed by atoms with Gasteiger partial charge in [0, 0.05) is 0 Å². The monoisotopic (exact) mass is 385 g/mol. The Morgan fingerprint density at radius 1 is 0.963 bits per heavy atom. The van der Waals surface area contributed by atoms with Crippen molar-refractivity contribution in [1.29, 1.82) is 0 Å². The third-order valence-corrected chi connectivity index (χ3v) is 5.91. The summed E-state index contributed by atoms with van der Waals surface area (Å²) < 4.78 is 47.4. The van der Waals surface area contributed by atoms with Crippen molar-refractivity contribution in [3.05, 3.63) is 89.7 Å². The summed E-state index contributed by atoms with van der Waals surface area (Å²) in [7, 11) is -2.43. The van der Waals surface area contributed by atoms with Crippen molar-refractivity contribution in [3.63, 3.8) is 0 Å². The van der Waals surface area contributed by atoms with Gasteiger partial charge in [0.05, 0.1) is 24.2 Å². The Morgan fingerprint density at radius 3 is 2.41 bits per heavy atom. The molecule has 0 fully saturated rings. The zero-order valence-corrected chi connectivity index (χ0v) is 15.9. The number of methoxy groups -OCH3 is 1. The predicted molar refractivity (Wildman–Crippen MR) is 104 cm³/mol. The molecule has 0 saturated heterocycles. The maximum atomic E-state index is 14.5. The van der Waals surface area contributed by atoms with E-state index in [0.717, 1.165) is 9.87 Å². The van der Waals surface area contributed by atoms with E-state index in [1.165, 1.54) is 31.4 Å². The number of aryl methyl sites for hydroxylation is 1. The standard InChI is InChI=1S/C21H20FNO3S/c1-16-7-5-10-19(13-16)27(24,25)23(21-12-4-3-11-20(21)22)15-17-8-6-9-18(14-17)26-2/h3-14H,15H2,1-2H3. The van der Waals surface area contributed by atoms with Crippen molar-refractivity contribution in [1.82, 2.24) is 0 Å². The van der Waals surface area contributed by atoms with Gasteiger partial charge in [-0.05, 0) is 54.4 Å². The molecule has 0 aliphatic rings. The van der Waals surface area contributed by atoms with E-state index in [1.807, 2.05) is 13.0 Å². The number of hydrogen-bond acceptors (Lipinski definition) is 3. The molecule has 6 heteroatoms. The first-order valence-corrected chi connectivity index (χ1v) is 9.82. The first-order chi connectivity index (χ1) is 12.9. The number of nitrogens with zero attached hydrogens (tertiary/aromatic N) is 1. The van der Waals surface area contributed by atoms with Crippen molar-refractivity contribution in [2.75, 3.05) is 11.4 Å². The van der Waals surface area contributed by atoms with E-state index in [-0.39, 0.29) is 17.1 Å². The second-order valence-electron chi connectivity index (χ2n) is 6.13. The third-order valence-electron chi connectivity index (χ3n) is 4.16. The lowest BCUT2D eigenvalue weighted by molar-refractivity contribution is 0.414. The normalized spacial score (nSPS) is 11.2. The van der Waals surface area contributed by atoms with Crippen LogP contribution < -0.4 is 9.04 Å². The maximum absolute atomic E-state index is 14.5. The van der Waals surface area contributed by atoms with Gasteiger partial charge in [0.1, 0.15) is 11.6 Å². The quantitative estimate of drug-likeness (QED) is 0.626. The van der Waals surface area contributed by atoms with Crippen LogP contribution >= 0.6 is 0 Å². The Kier molecular flexibility index (Phi) is 5.46. The summed E-state index contributed by atoms with van der Waals surface area (Å²) in [5.74, 6) is 0.00515. The van der Waals surface area contributed by atoms with Gasteiger partial charge in [-0.3, -0.25) is 4.31 Å². The van der Waals surface area contributed by atoms with E-state index in [1.54, 1.807) is 42.5 Å². The van der Waals surface area contributed by atoms with Crippen molar-refractivity contribution in [2.45, 2.75) is 18.4 Å². The topological polar surface area (TPSA) is 46.6 Å². The van der Waals surface area contributed by atoms with Crippen LogP contribution in [0.3, 0.4) is 0 Å². The van der Waals surface area contributed by atoms with Crippen LogP contribution in [0.2, 0.25) is 0 Å². The molecule has 0 heterocycles. The Morgan fingerprint density at radius 2 is 1.70 bits per heavy atom. The van der Waals surface area contributed by atoms with Gasteiger partial charge in [-0.15, -0.1) is 0 Å². The first-order valence-electron chi connectivity index (χ1n) is 8.38. The number of para-hydroxylation sites is 1. The molecule has 0 aromatic heterocycles. The molecule has 27 heavy (non-hydrogen) atoms. The molecule has 0 radical (unpaired) electrons. The molecule has 0 unspecified atom stereocenters. The number of benzene rings is 3.